The van der Waals surface area contributed by atoms with Crippen molar-refractivity contribution in [2.24, 2.45) is 5.73 Å². The fourth-order valence-electron chi connectivity index (χ4n) is 5.05. The molecule has 0 spiro atoms. The van der Waals surface area contributed by atoms with Gasteiger partial charge >= 0.3 is 0 Å². The van der Waals surface area contributed by atoms with E-state index in [2.05, 4.69) is 62.7 Å². The van der Waals surface area contributed by atoms with Gasteiger partial charge in [0.2, 0.25) is 0 Å². The smallest absolute Gasteiger partial charge is 0.170 e. The molecule has 8 heteroatoms. The van der Waals surface area contributed by atoms with Crippen LogP contribution in [0, 0.1) is 0 Å². The van der Waals surface area contributed by atoms with E-state index in [9.17, 15) is 0 Å². The van der Waals surface area contributed by atoms with Crippen molar-refractivity contribution < 1.29 is 9.47 Å². The maximum atomic E-state index is 6.30. The van der Waals surface area contributed by atoms with Gasteiger partial charge in [-0.25, -0.2) is 0 Å². The fourth-order valence-corrected chi connectivity index (χ4v) is 5.05. The van der Waals surface area contributed by atoms with Crippen LogP contribution in [0.2, 0.25) is 0 Å². The molecule has 1 heterocycles. The van der Waals surface area contributed by atoms with Gasteiger partial charge in [0.25, 0.3) is 0 Å². The third-order valence-electron chi connectivity index (χ3n) is 7.47. The summed E-state index contributed by atoms with van der Waals surface area (Å²) < 4.78 is 12.1. The number of nitrogens with zero attached hydrogens (tertiary/aromatic N) is 1. The highest BCUT2D eigenvalue weighted by Gasteiger charge is 2.19. The topological polar surface area (TPSA) is 93.5 Å². The van der Waals surface area contributed by atoms with Gasteiger partial charge < -0.3 is 31.2 Å². The van der Waals surface area contributed by atoms with Gasteiger partial charge in [0.15, 0.2) is 11.5 Å². The Kier molecular flexibility index (Phi) is 19.0. The summed E-state index contributed by atoms with van der Waals surface area (Å²) in [5.41, 5.74) is 8.82. The molecule has 0 aliphatic carbocycles. The molecule has 1 aromatic heterocycles. The molecule has 0 aliphatic rings. The van der Waals surface area contributed by atoms with Crippen LogP contribution in [-0.2, 0) is 6.42 Å². The zero-order chi connectivity index (χ0) is 28.5. The van der Waals surface area contributed by atoms with E-state index in [1.165, 1.54) is 24.8 Å². The molecule has 1 aromatic carbocycles. The Morgan fingerprint density at radius 1 is 0.900 bits per heavy atom. The Balaban J connectivity index is 0.00000800. The van der Waals surface area contributed by atoms with Gasteiger partial charge in [0.1, 0.15) is 0 Å². The maximum absolute atomic E-state index is 6.30. The summed E-state index contributed by atoms with van der Waals surface area (Å²) in [5, 5.41) is 12.1. The Morgan fingerprint density at radius 3 is 2.15 bits per heavy atom. The van der Waals surface area contributed by atoms with Crippen molar-refractivity contribution in [3.05, 3.63) is 23.9 Å². The van der Waals surface area contributed by atoms with Gasteiger partial charge in [-0.15, -0.1) is 12.4 Å². The van der Waals surface area contributed by atoms with Crippen LogP contribution >= 0.6 is 12.4 Å². The summed E-state index contributed by atoms with van der Waals surface area (Å²) in [7, 11) is 1.72. The SMILES string of the molecule is CCCCCOc1c(OC)cc(NC(C)CCCNC(C)CCCNC(C)CCCN)c2nccc(CC)c12.Cl. The van der Waals surface area contributed by atoms with Crippen LogP contribution in [0.1, 0.15) is 98.0 Å². The van der Waals surface area contributed by atoms with Gasteiger partial charge in [-0.3, -0.25) is 4.98 Å². The van der Waals surface area contributed by atoms with Crippen molar-refractivity contribution in [3.63, 3.8) is 0 Å². The molecule has 3 atom stereocenters. The Hall–Kier alpha value is -1.80. The molecular weight excluding hydrogens is 522 g/mol. The van der Waals surface area contributed by atoms with Gasteiger partial charge in [-0.05, 0) is 103 Å². The number of nitrogens with one attached hydrogen (secondary N) is 3. The van der Waals surface area contributed by atoms with Crippen molar-refractivity contribution in [1.29, 1.82) is 0 Å². The first-order chi connectivity index (χ1) is 18.9. The third kappa shape index (κ3) is 12.4. The first kappa shape index (κ1) is 36.2. The second-order valence-electron chi connectivity index (χ2n) is 11.0. The number of fused-ring (bicyclic) bond motifs is 1. The molecule has 0 radical (unpaired) electrons. The molecule has 3 unspecified atom stereocenters. The molecule has 5 N–H and O–H groups in total. The van der Waals surface area contributed by atoms with Crippen molar-refractivity contribution >= 4 is 29.0 Å². The minimum atomic E-state index is 0. The number of benzene rings is 1. The molecule has 0 saturated heterocycles. The van der Waals surface area contributed by atoms with Crippen LogP contribution in [0.15, 0.2) is 18.3 Å². The number of methoxy groups -OCH3 is 1. The van der Waals surface area contributed by atoms with E-state index >= 15 is 0 Å². The van der Waals surface area contributed by atoms with Gasteiger partial charge in [-0.2, -0.15) is 0 Å². The number of pyridine rings is 1. The Labute approximate surface area is 250 Å². The summed E-state index contributed by atoms with van der Waals surface area (Å²) in [6.45, 7) is 14.8. The molecule has 7 nitrogen and oxygen atoms in total. The fraction of sp³-hybridized carbons (Fsp3) is 0.719. The average Bonchev–Trinajstić information content (AvgIpc) is 2.94. The lowest BCUT2D eigenvalue weighted by atomic mass is 10.0. The predicted octanol–water partition coefficient (Wildman–Crippen LogP) is 6.85. The maximum Gasteiger partial charge on any atom is 0.170 e. The standard InChI is InChI=1S/C32H57N5O2.ClH/c1-7-9-10-22-39-32-29(38-6)23-28(31-30(32)27(8-2)17-21-36-31)37-26(5)16-13-20-35-25(4)15-12-19-34-24(3)14-11-18-33;/h17,21,23-26,34-35,37H,7-16,18-20,22,33H2,1-6H3;1H. The highest BCUT2D eigenvalue weighted by molar-refractivity contribution is 5.99. The second kappa shape index (κ2) is 21.0. The number of halogens is 1. The molecular formula is C32H58ClN5O2. The first-order valence-corrected chi connectivity index (χ1v) is 15.5. The van der Waals surface area contributed by atoms with E-state index in [-0.39, 0.29) is 12.4 Å². The lowest BCUT2D eigenvalue weighted by Gasteiger charge is -2.21. The Morgan fingerprint density at radius 2 is 1.55 bits per heavy atom. The minimum absolute atomic E-state index is 0. The number of hydrogen-bond acceptors (Lipinski definition) is 7. The largest absolute Gasteiger partial charge is 0.493 e. The lowest BCUT2D eigenvalue weighted by molar-refractivity contribution is 0.289. The number of anilines is 1. The van der Waals surface area contributed by atoms with Crippen molar-refractivity contribution in [3.8, 4) is 11.5 Å². The lowest BCUT2D eigenvalue weighted by Crippen LogP contribution is -2.31. The molecule has 40 heavy (non-hydrogen) atoms. The molecule has 0 saturated carbocycles. The number of aryl methyl sites for hydroxylation is 1. The van der Waals surface area contributed by atoms with Crippen LogP contribution in [0.5, 0.6) is 11.5 Å². The highest BCUT2D eigenvalue weighted by atomic mass is 35.5. The van der Waals surface area contributed by atoms with E-state index in [1.807, 2.05) is 6.20 Å². The summed E-state index contributed by atoms with van der Waals surface area (Å²) >= 11 is 0. The highest BCUT2D eigenvalue weighted by Crippen LogP contribution is 2.42. The minimum Gasteiger partial charge on any atom is -0.493 e. The van der Waals surface area contributed by atoms with E-state index in [0.29, 0.717) is 24.7 Å². The number of rotatable bonds is 22. The molecule has 2 aromatic rings. The molecule has 2 rings (SSSR count). The van der Waals surface area contributed by atoms with E-state index in [0.717, 1.165) is 92.7 Å². The quantitative estimate of drug-likeness (QED) is 0.113. The number of hydrogen-bond donors (Lipinski definition) is 4. The number of ether oxygens (including phenoxy) is 2. The number of unbranched alkanes of at least 4 members (excludes halogenated alkanes) is 2. The van der Waals surface area contributed by atoms with E-state index < -0.39 is 0 Å². The third-order valence-corrected chi connectivity index (χ3v) is 7.47. The van der Waals surface area contributed by atoms with Gasteiger partial charge in [0, 0.05) is 30.4 Å². The van der Waals surface area contributed by atoms with Crippen molar-refractivity contribution in [2.45, 2.75) is 117 Å². The van der Waals surface area contributed by atoms with Crippen LogP contribution < -0.4 is 31.2 Å². The van der Waals surface area contributed by atoms with Crippen LogP contribution in [0.25, 0.3) is 10.9 Å². The zero-order valence-electron chi connectivity index (χ0n) is 26.1. The zero-order valence-corrected chi connectivity index (χ0v) is 26.9. The van der Waals surface area contributed by atoms with E-state index in [4.69, 9.17) is 20.2 Å². The summed E-state index contributed by atoms with van der Waals surface area (Å²) in [6.07, 6.45) is 13.0. The predicted molar refractivity (Wildman–Crippen MR) is 175 cm³/mol. The first-order valence-electron chi connectivity index (χ1n) is 15.5. The van der Waals surface area contributed by atoms with Crippen molar-refractivity contribution in [2.75, 3.05) is 38.7 Å². The molecule has 0 amide bonds. The van der Waals surface area contributed by atoms with E-state index in [1.54, 1.807) is 7.11 Å². The summed E-state index contributed by atoms with van der Waals surface area (Å²) in [4.78, 5) is 4.78. The van der Waals surface area contributed by atoms with Crippen LogP contribution in [-0.4, -0.2) is 56.5 Å². The summed E-state index contributed by atoms with van der Waals surface area (Å²) in [5.74, 6) is 1.60. The summed E-state index contributed by atoms with van der Waals surface area (Å²) in [6, 6.07) is 5.56. The molecule has 0 bridgehead atoms. The average molecular weight is 580 g/mol. The second-order valence-corrected chi connectivity index (χ2v) is 11.0. The molecule has 230 valence electrons. The van der Waals surface area contributed by atoms with Crippen LogP contribution in [0.3, 0.4) is 0 Å². The molecule has 0 fully saturated rings. The van der Waals surface area contributed by atoms with Gasteiger partial charge in [-0.1, -0.05) is 26.7 Å². The molecule has 0 aliphatic heterocycles. The van der Waals surface area contributed by atoms with Crippen LogP contribution in [0.4, 0.5) is 5.69 Å². The Bertz CT molecular complexity index is 945. The normalized spacial score (nSPS) is 13.5. The number of aromatic nitrogens is 1. The van der Waals surface area contributed by atoms with Crippen molar-refractivity contribution in [1.82, 2.24) is 15.6 Å². The number of nitrogens with two attached hydrogens (primary N) is 1. The van der Waals surface area contributed by atoms with Gasteiger partial charge in [0.05, 0.1) is 30.3 Å². The monoisotopic (exact) mass is 579 g/mol.